The monoisotopic (exact) mass is 319 g/mol. The number of thiophene rings is 1. The van der Waals surface area contributed by atoms with Gasteiger partial charge in [-0.05, 0) is 34.8 Å². The van der Waals surface area contributed by atoms with Crippen LogP contribution < -0.4 is 5.73 Å². The van der Waals surface area contributed by atoms with Crippen molar-refractivity contribution >= 4 is 39.0 Å². The molecule has 0 aliphatic heterocycles. The van der Waals surface area contributed by atoms with Gasteiger partial charge in [-0.15, -0.1) is 23.1 Å². The first-order valence-electron chi connectivity index (χ1n) is 5.89. The number of thioether (sulfide) groups is 1. The Morgan fingerprint density at radius 2 is 2.19 bits per heavy atom. The minimum atomic E-state index is 0.499. The SMILES string of the molecule is NCC(SC1CCCCC1)c1cc(Br)cs1. The molecule has 90 valence electrons. The van der Waals surface area contributed by atoms with E-state index in [-0.39, 0.29) is 0 Å². The highest BCUT2D eigenvalue weighted by molar-refractivity contribution is 9.10. The van der Waals surface area contributed by atoms with Crippen molar-refractivity contribution in [1.29, 1.82) is 0 Å². The Balaban J connectivity index is 1.94. The molecule has 1 heterocycles. The molecule has 0 spiro atoms. The van der Waals surface area contributed by atoms with E-state index in [4.69, 9.17) is 5.73 Å². The van der Waals surface area contributed by atoms with E-state index in [9.17, 15) is 0 Å². The van der Waals surface area contributed by atoms with Gasteiger partial charge in [0.05, 0.1) is 5.25 Å². The molecule has 16 heavy (non-hydrogen) atoms. The second-order valence-corrected chi connectivity index (χ2v) is 7.65. The first kappa shape index (κ1) is 12.9. The number of halogens is 1. The third-order valence-electron chi connectivity index (χ3n) is 3.03. The molecule has 0 aromatic carbocycles. The van der Waals surface area contributed by atoms with Crippen LogP contribution in [0.25, 0.3) is 0 Å². The fourth-order valence-electron chi connectivity index (χ4n) is 2.17. The molecule has 2 N–H and O–H groups in total. The van der Waals surface area contributed by atoms with Gasteiger partial charge in [0.2, 0.25) is 0 Å². The number of hydrogen-bond acceptors (Lipinski definition) is 3. The van der Waals surface area contributed by atoms with Crippen LogP contribution in [-0.4, -0.2) is 11.8 Å². The summed E-state index contributed by atoms with van der Waals surface area (Å²) in [5, 5.41) is 3.49. The maximum absolute atomic E-state index is 5.90. The Morgan fingerprint density at radius 3 is 2.75 bits per heavy atom. The molecule has 0 radical (unpaired) electrons. The minimum Gasteiger partial charge on any atom is -0.329 e. The maximum Gasteiger partial charge on any atom is 0.0516 e. The Kier molecular flexibility index (Phi) is 5.20. The van der Waals surface area contributed by atoms with Crippen LogP contribution in [0.4, 0.5) is 0 Å². The van der Waals surface area contributed by atoms with Crippen LogP contribution in [0.2, 0.25) is 0 Å². The molecule has 1 nitrogen and oxygen atoms in total. The van der Waals surface area contributed by atoms with Crippen LogP contribution in [0.1, 0.15) is 42.2 Å². The van der Waals surface area contributed by atoms with Crippen LogP contribution >= 0.6 is 39.0 Å². The third kappa shape index (κ3) is 3.49. The van der Waals surface area contributed by atoms with Crippen molar-refractivity contribution in [3.05, 3.63) is 20.8 Å². The number of hydrogen-bond donors (Lipinski definition) is 1. The fraction of sp³-hybridized carbons (Fsp3) is 0.667. The molecule has 1 saturated carbocycles. The van der Waals surface area contributed by atoms with Gasteiger partial charge in [-0.2, -0.15) is 0 Å². The van der Waals surface area contributed by atoms with E-state index in [2.05, 4.69) is 39.1 Å². The third-order valence-corrected chi connectivity index (χ3v) is 6.62. The quantitative estimate of drug-likeness (QED) is 0.879. The summed E-state index contributed by atoms with van der Waals surface area (Å²) >= 11 is 7.43. The van der Waals surface area contributed by atoms with Gasteiger partial charge in [-0.3, -0.25) is 0 Å². The Bertz CT molecular complexity index is 321. The predicted molar refractivity (Wildman–Crippen MR) is 78.3 cm³/mol. The average molecular weight is 320 g/mol. The summed E-state index contributed by atoms with van der Waals surface area (Å²) in [6, 6.07) is 2.22. The first-order chi connectivity index (χ1) is 7.79. The average Bonchev–Trinajstić information content (AvgIpc) is 2.74. The molecular weight excluding hydrogens is 302 g/mol. The summed E-state index contributed by atoms with van der Waals surface area (Å²) in [7, 11) is 0. The van der Waals surface area contributed by atoms with E-state index < -0.39 is 0 Å². The van der Waals surface area contributed by atoms with Gasteiger partial charge in [-0.25, -0.2) is 0 Å². The van der Waals surface area contributed by atoms with E-state index >= 15 is 0 Å². The van der Waals surface area contributed by atoms with Crippen LogP contribution in [-0.2, 0) is 0 Å². The van der Waals surface area contributed by atoms with E-state index in [1.54, 1.807) is 0 Å². The zero-order chi connectivity index (χ0) is 11.4. The molecule has 1 aliphatic carbocycles. The molecule has 0 saturated heterocycles. The minimum absolute atomic E-state index is 0.499. The van der Waals surface area contributed by atoms with Gasteiger partial charge in [0.1, 0.15) is 0 Å². The van der Waals surface area contributed by atoms with Crippen LogP contribution in [0.15, 0.2) is 15.9 Å². The Morgan fingerprint density at radius 1 is 1.44 bits per heavy atom. The van der Waals surface area contributed by atoms with Crippen molar-refractivity contribution in [3.8, 4) is 0 Å². The van der Waals surface area contributed by atoms with E-state index in [0.717, 1.165) is 11.8 Å². The Hall–Kier alpha value is 0.490. The van der Waals surface area contributed by atoms with Crippen molar-refractivity contribution in [2.45, 2.75) is 42.6 Å². The molecule has 0 bridgehead atoms. The lowest BCUT2D eigenvalue weighted by molar-refractivity contribution is 0.515. The predicted octanol–water partition coefficient (Wildman–Crippen LogP) is 4.58. The van der Waals surface area contributed by atoms with Crippen molar-refractivity contribution in [2.24, 2.45) is 5.73 Å². The van der Waals surface area contributed by atoms with Crippen molar-refractivity contribution in [1.82, 2.24) is 0 Å². The lowest BCUT2D eigenvalue weighted by atomic mass is 10.0. The van der Waals surface area contributed by atoms with Gasteiger partial charge >= 0.3 is 0 Å². The smallest absolute Gasteiger partial charge is 0.0516 e. The second kappa shape index (κ2) is 6.43. The lowest BCUT2D eigenvalue weighted by Gasteiger charge is -2.25. The van der Waals surface area contributed by atoms with E-state index in [1.165, 1.54) is 41.5 Å². The fourth-order valence-corrected chi connectivity index (χ4v) is 5.32. The topological polar surface area (TPSA) is 26.0 Å². The largest absolute Gasteiger partial charge is 0.329 e. The summed E-state index contributed by atoms with van der Waals surface area (Å²) in [4.78, 5) is 1.42. The highest BCUT2D eigenvalue weighted by Gasteiger charge is 2.20. The first-order valence-corrected chi connectivity index (χ1v) is 8.50. The molecule has 1 aromatic rings. The lowest BCUT2D eigenvalue weighted by Crippen LogP contribution is -2.15. The molecule has 1 atom stereocenters. The highest BCUT2D eigenvalue weighted by Crippen LogP contribution is 2.40. The van der Waals surface area contributed by atoms with Gasteiger partial charge in [0.15, 0.2) is 0 Å². The van der Waals surface area contributed by atoms with E-state index in [1.807, 2.05) is 11.3 Å². The molecule has 1 unspecified atom stereocenters. The van der Waals surface area contributed by atoms with Crippen molar-refractivity contribution in [2.75, 3.05) is 6.54 Å². The summed E-state index contributed by atoms with van der Waals surface area (Å²) in [6.45, 7) is 0.758. The van der Waals surface area contributed by atoms with Gasteiger partial charge in [0, 0.05) is 26.5 Å². The zero-order valence-electron chi connectivity index (χ0n) is 9.32. The van der Waals surface area contributed by atoms with Crippen molar-refractivity contribution in [3.63, 3.8) is 0 Å². The van der Waals surface area contributed by atoms with Crippen LogP contribution in [0.3, 0.4) is 0 Å². The summed E-state index contributed by atoms with van der Waals surface area (Å²) < 4.78 is 1.19. The zero-order valence-corrected chi connectivity index (χ0v) is 12.5. The second-order valence-electron chi connectivity index (χ2n) is 4.29. The molecule has 1 aliphatic rings. The van der Waals surface area contributed by atoms with Gasteiger partial charge in [0.25, 0.3) is 0 Å². The summed E-state index contributed by atoms with van der Waals surface area (Å²) in [5.74, 6) is 0. The van der Waals surface area contributed by atoms with Gasteiger partial charge in [-0.1, -0.05) is 19.3 Å². The normalized spacial score (nSPS) is 19.9. The number of rotatable bonds is 4. The Labute approximate surface area is 114 Å². The van der Waals surface area contributed by atoms with Crippen LogP contribution in [0.5, 0.6) is 0 Å². The molecule has 0 amide bonds. The van der Waals surface area contributed by atoms with Gasteiger partial charge < -0.3 is 5.73 Å². The molecule has 2 rings (SSSR count). The summed E-state index contributed by atoms with van der Waals surface area (Å²) in [5.41, 5.74) is 5.90. The maximum atomic E-state index is 5.90. The molecule has 4 heteroatoms. The standard InChI is InChI=1S/C12H18BrNS2/c13-9-6-11(15-8-9)12(7-14)16-10-4-2-1-3-5-10/h6,8,10,12H,1-5,7,14H2. The van der Waals surface area contributed by atoms with Crippen LogP contribution in [0, 0.1) is 0 Å². The van der Waals surface area contributed by atoms with E-state index in [0.29, 0.717) is 5.25 Å². The highest BCUT2D eigenvalue weighted by atomic mass is 79.9. The molecule has 1 fully saturated rings. The molecular formula is C12H18BrNS2. The summed E-state index contributed by atoms with van der Waals surface area (Å²) in [6.07, 6.45) is 7.00. The molecule has 1 aromatic heterocycles. The van der Waals surface area contributed by atoms with Crippen molar-refractivity contribution < 1.29 is 0 Å². The number of nitrogens with two attached hydrogens (primary N) is 1.